The molecule has 6 heterocycles. The molecule has 5 aromatic rings. The third-order valence-electron chi connectivity index (χ3n) is 6.07. The first-order valence-electron chi connectivity index (χ1n) is 11.8. The fraction of sp³-hybridized carbons (Fsp3) is 0.192. The van der Waals surface area contributed by atoms with E-state index in [-0.39, 0.29) is 5.91 Å². The van der Waals surface area contributed by atoms with Crippen molar-refractivity contribution >= 4 is 38.7 Å². The molecule has 0 aliphatic carbocycles. The molecule has 12 heteroatoms. The highest BCUT2D eigenvalue weighted by atomic mass is 32.1. The Morgan fingerprint density at radius 1 is 1.11 bits per heavy atom. The summed E-state index contributed by atoms with van der Waals surface area (Å²) in [5.74, 6) is 1.33. The maximum Gasteiger partial charge on any atom is 0.259 e. The van der Waals surface area contributed by atoms with Gasteiger partial charge in [0.1, 0.15) is 6.61 Å². The first-order valence-corrected chi connectivity index (χ1v) is 12.6. The van der Waals surface area contributed by atoms with Gasteiger partial charge in [-0.1, -0.05) is 11.3 Å². The van der Waals surface area contributed by atoms with Gasteiger partial charge in [0.2, 0.25) is 5.88 Å². The zero-order valence-electron chi connectivity index (χ0n) is 20.8. The van der Waals surface area contributed by atoms with E-state index in [4.69, 9.17) is 9.47 Å². The van der Waals surface area contributed by atoms with Crippen molar-refractivity contribution in [2.75, 3.05) is 37.5 Å². The first-order chi connectivity index (χ1) is 18.5. The summed E-state index contributed by atoms with van der Waals surface area (Å²) in [4.78, 5) is 42.7. The van der Waals surface area contributed by atoms with Crippen LogP contribution in [-0.2, 0) is 0 Å². The average Bonchev–Trinajstić information content (AvgIpc) is 3.34. The van der Waals surface area contributed by atoms with Gasteiger partial charge in [0.05, 0.1) is 31.1 Å². The number of methoxy groups -OCH3 is 1. The van der Waals surface area contributed by atoms with Crippen LogP contribution < -0.4 is 19.7 Å². The number of amides is 1. The lowest BCUT2D eigenvalue weighted by atomic mass is 10.0. The number of nitrogens with zero attached hydrogens (tertiary/aromatic N) is 7. The zero-order chi connectivity index (χ0) is 26.2. The Balaban J connectivity index is 1.35. The number of thiazole rings is 1. The fourth-order valence-electron chi connectivity index (χ4n) is 4.16. The van der Waals surface area contributed by atoms with Gasteiger partial charge in [-0.05, 0) is 31.2 Å². The smallest absolute Gasteiger partial charge is 0.259 e. The number of aromatic nitrogens is 6. The summed E-state index contributed by atoms with van der Waals surface area (Å²) < 4.78 is 11.5. The zero-order valence-corrected chi connectivity index (χ0v) is 21.6. The van der Waals surface area contributed by atoms with Gasteiger partial charge in [-0.25, -0.2) is 9.97 Å². The van der Waals surface area contributed by atoms with Crippen molar-refractivity contribution in [1.82, 2.24) is 29.9 Å². The van der Waals surface area contributed by atoms with Crippen molar-refractivity contribution < 1.29 is 14.3 Å². The number of rotatable bonds is 5. The van der Waals surface area contributed by atoms with Crippen LogP contribution in [0.5, 0.6) is 11.6 Å². The quantitative estimate of drug-likeness (QED) is 0.359. The van der Waals surface area contributed by atoms with Crippen molar-refractivity contribution in [2.45, 2.75) is 6.92 Å². The van der Waals surface area contributed by atoms with Crippen LogP contribution in [-0.4, -0.2) is 63.1 Å². The molecule has 0 saturated carbocycles. The molecule has 0 atom stereocenters. The van der Waals surface area contributed by atoms with Crippen molar-refractivity contribution in [3.8, 4) is 34.0 Å². The second kappa shape index (κ2) is 9.63. The number of likely N-dealkylation sites (N-methyl/N-ethyl adjacent to an activating group) is 1. The summed E-state index contributed by atoms with van der Waals surface area (Å²) in [6.45, 7) is 3.13. The Hall–Kier alpha value is -4.71. The molecule has 0 spiro atoms. The van der Waals surface area contributed by atoms with Gasteiger partial charge in [0.25, 0.3) is 5.91 Å². The lowest BCUT2D eigenvalue weighted by Gasteiger charge is -2.27. The van der Waals surface area contributed by atoms with Crippen LogP contribution in [0, 0.1) is 6.92 Å². The molecule has 1 N–H and O–H groups in total. The Morgan fingerprint density at radius 2 is 1.95 bits per heavy atom. The summed E-state index contributed by atoms with van der Waals surface area (Å²) in [6, 6.07) is 7.40. The number of hydrogen-bond donors (Lipinski definition) is 1. The number of pyridine rings is 3. The maximum atomic E-state index is 13.5. The summed E-state index contributed by atoms with van der Waals surface area (Å²) in [7, 11) is 3.50. The Labute approximate surface area is 221 Å². The summed E-state index contributed by atoms with van der Waals surface area (Å²) in [5.41, 5.74) is 4.39. The van der Waals surface area contributed by atoms with Crippen LogP contribution in [0.2, 0.25) is 0 Å². The molecular weight excluding hydrogens is 504 g/mol. The van der Waals surface area contributed by atoms with E-state index in [1.165, 1.54) is 17.5 Å². The average molecular weight is 527 g/mol. The molecule has 38 heavy (non-hydrogen) atoms. The van der Waals surface area contributed by atoms with Crippen molar-refractivity contribution in [1.29, 1.82) is 0 Å². The van der Waals surface area contributed by atoms with Gasteiger partial charge in [0, 0.05) is 48.0 Å². The third kappa shape index (κ3) is 4.34. The topological polar surface area (TPSA) is 128 Å². The molecule has 0 aromatic carbocycles. The Kier molecular flexibility index (Phi) is 6.00. The number of carbonyl (C=O) groups is 1. The molecule has 0 bridgehead atoms. The summed E-state index contributed by atoms with van der Waals surface area (Å²) in [5, 5.41) is 3.26. The van der Waals surface area contributed by atoms with E-state index in [2.05, 4.69) is 35.2 Å². The molecule has 6 rings (SSSR count). The Morgan fingerprint density at radius 3 is 2.76 bits per heavy atom. The second-order valence-electron chi connectivity index (χ2n) is 8.60. The molecule has 1 amide bonds. The van der Waals surface area contributed by atoms with Crippen LogP contribution >= 0.6 is 11.3 Å². The van der Waals surface area contributed by atoms with E-state index in [1.807, 2.05) is 43.1 Å². The van der Waals surface area contributed by atoms with Crippen molar-refractivity contribution in [2.24, 2.45) is 0 Å². The van der Waals surface area contributed by atoms with E-state index in [0.717, 1.165) is 17.8 Å². The molecule has 1 aliphatic rings. The third-order valence-corrected chi connectivity index (χ3v) is 6.92. The molecule has 11 nitrogen and oxygen atoms in total. The number of carbonyl (C=O) groups excluding carboxylic acids is 1. The van der Waals surface area contributed by atoms with Crippen LogP contribution in [0.4, 0.5) is 10.9 Å². The SMILES string of the molecule is COc1nc2c(cc1-c1cc(C)ncc1C(=O)Nc1nc3ncc(-c4ccncc4)nc3s1)OCCN2C. The largest absolute Gasteiger partial charge is 0.488 e. The molecule has 0 saturated heterocycles. The van der Waals surface area contributed by atoms with Gasteiger partial charge >= 0.3 is 0 Å². The number of anilines is 2. The van der Waals surface area contributed by atoms with Crippen molar-refractivity contribution in [3.63, 3.8) is 0 Å². The highest BCUT2D eigenvalue weighted by molar-refractivity contribution is 7.21. The normalized spacial score (nSPS) is 12.7. The second-order valence-corrected chi connectivity index (χ2v) is 9.58. The van der Waals surface area contributed by atoms with Crippen LogP contribution in [0.15, 0.2) is 49.1 Å². The number of nitrogens with one attached hydrogen (secondary N) is 1. The minimum absolute atomic E-state index is 0.345. The molecular formula is C26H22N8O3S. The predicted molar refractivity (Wildman–Crippen MR) is 144 cm³/mol. The van der Waals surface area contributed by atoms with Crippen LogP contribution in [0.3, 0.4) is 0 Å². The maximum absolute atomic E-state index is 13.5. The lowest BCUT2D eigenvalue weighted by molar-refractivity contribution is 0.102. The number of ether oxygens (including phenoxy) is 2. The molecule has 190 valence electrons. The van der Waals surface area contributed by atoms with Crippen LogP contribution in [0.25, 0.3) is 32.9 Å². The van der Waals surface area contributed by atoms with E-state index in [1.54, 1.807) is 25.7 Å². The fourth-order valence-corrected chi connectivity index (χ4v) is 4.95. The minimum Gasteiger partial charge on any atom is -0.488 e. The first kappa shape index (κ1) is 23.7. The highest BCUT2D eigenvalue weighted by Crippen LogP contribution is 2.40. The molecule has 0 unspecified atom stereocenters. The lowest BCUT2D eigenvalue weighted by Crippen LogP contribution is -2.29. The number of fused-ring (bicyclic) bond motifs is 2. The van der Waals surface area contributed by atoms with Gasteiger partial charge in [-0.3, -0.25) is 20.1 Å². The number of aryl methyl sites for hydroxylation is 1. The standard InChI is InChI=1S/C26H22N8O3S/c1-14-10-16(17-11-20-22(32-24(17)36-3)34(2)8-9-37-20)18(12-28-14)23(35)33-26-31-21-25(38-26)30-19(13-29-21)15-4-6-27-7-5-15/h4-7,10-13H,8-9H2,1-3H3,(H,29,31,33,35). The van der Waals surface area contributed by atoms with E-state index in [0.29, 0.717) is 62.0 Å². The molecule has 1 aliphatic heterocycles. The molecule has 5 aromatic heterocycles. The molecule has 0 fully saturated rings. The monoisotopic (exact) mass is 526 g/mol. The predicted octanol–water partition coefficient (Wildman–Crippen LogP) is 4.00. The van der Waals surface area contributed by atoms with Gasteiger partial charge in [0.15, 0.2) is 27.2 Å². The Bertz CT molecular complexity index is 1670. The van der Waals surface area contributed by atoms with E-state index < -0.39 is 0 Å². The van der Waals surface area contributed by atoms with Gasteiger partial charge in [-0.2, -0.15) is 9.97 Å². The highest BCUT2D eigenvalue weighted by Gasteiger charge is 2.25. The van der Waals surface area contributed by atoms with Gasteiger partial charge < -0.3 is 14.4 Å². The van der Waals surface area contributed by atoms with Crippen molar-refractivity contribution in [3.05, 3.63) is 60.3 Å². The molecule has 0 radical (unpaired) electrons. The number of hydrogen-bond acceptors (Lipinski definition) is 11. The van der Waals surface area contributed by atoms with Gasteiger partial charge in [-0.15, -0.1) is 0 Å². The minimum atomic E-state index is -0.376. The van der Waals surface area contributed by atoms with E-state index >= 15 is 0 Å². The van der Waals surface area contributed by atoms with Crippen LogP contribution in [0.1, 0.15) is 16.1 Å². The summed E-state index contributed by atoms with van der Waals surface area (Å²) in [6.07, 6.45) is 6.59. The summed E-state index contributed by atoms with van der Waals surface area (Å²) >= 11 is 1.25. The van der Waals surface area contributed by atoms with E-state index in [9.17, 15) is 4.79 Å².